The van der Waals surface area contributed by atoms with Crippen molar-refractivity contribution >= 4 is 5.91 Å². The van der Waals surface area contributed by atoms with Crippen LogP contribution in [0.3, 0.4) is 0 Å². The summed E-state index contributed by atoms with van der Waals surface area (Å²) in [6.07, 6.45) is 2.26. The largest absolute Gasteiger partial charge is 0.491 e. The Morgan fingerprint density at radius 3 is 2.33 bits per heavy atom. The van der Waals surface area contributed by atoms with Crippen molar-refractivity contribution in [2.75, 3.05) is 0 Å². The molecule has 1 aliphatic rings. The van der Waals surface area contributed by atoms with E-state index in [1.807, 2.05) is 52.0 Å². The fourth-order valence-corrected chi connectivity index (χ4v) is 2.41. The normalized spacial score (nSPS) is 19.0. The molecule has 2 atom stereocenters. The average Bonchev–Trinajstić information content (AvgIpc) is 3.23. The van der Waals surface area contributed by atoms with Crippen molar-refractivity contribution in [2.45, 2.75) is 58.2 Å². The lowest BCUT2D eigenvalue weighted by Gasteiger charge is -2.26. The Bertz CT molecular complexity index is 490. The number of hydrogen-bond donors (Lipinski definition) is 2. The standard InChI is InChI=1S/C17H26N2O2/c1-11(2)21-15-9-5-13(6-10-15)12(3)19-16(20)17(4,18)14-7-8-14/h5-6,9-12,14H,7-8,18H2,1-4H3,(H,19,20). The fraction of sp³-hybridized carbons (Fsp3) is 0.588. The minimum Gasteiger partial charge on any atom is -0.491 e. The molecule has 0 aliphatic heterocycles. The zero-order valence-corrected chi connectivity index (χ0v) is 13.3. The molecule has 0 heterocycles. The molecule has 0 bridgehead atoms. The summed E-state index contributed by atoms with van der Waals surface area (Å²) in [5.74, 6) is 1.10. The van der Waals surface area contributed by atoms with E-state index in [1.165, 1.54) is 0 Å². The van der Waals surface area contributed by atoms with E-state index < -0.39 is 5.54 Å². The zero-order chi connectivity index (χ0) is 15.6. The molecule has 0 aromatic heterocycles. The van der Waals surface area contributed by atoms with Crippen LogP contribution in [0.2, 0.25) is 0 Å². The highest BCUT2D eigenvalue weighted by Crippen LogP contribution is 2.38. The molecule has 1 aromatic carbocycles. The van der Waals surface area contributed by atoms with E-state index in [-0.39, 0.29) is 18.1 Å². The summed E-state index contributed by atoms with van der Waals surface area (Å²) >= 11 is 0. The van der Waals surface area contributed by atoms with E-state index in [2.05, 4.69) is 5.32 Å². The summed E-state index contributed by atoms with van der Waals surface area (Å²) in [4.78, 5) is 12.3. The number of hydrogen-bond acceptors (Lipinski definition) is 3. The van der Waals surface area contributed by atoms with Gasteiger partial charge in [0.25, 0.3) is 0 Å². The van der Waals surface area contributed by atoms with Crippen LogP contribution in [0.4, 0.5) is 0 Å². The first kappa shape index (κ1) is 15.8. The summed E-state index contributed by atoms with van der Waals surface area (Å²) in [5, 5.41) is 3.01. The molecule has 4 nitrogen and oxygen atoms in total. The quantitative estimate of drug-likeness (QED) is 0.846. The third-order valence-electron chi connectivity index (χ3n) is 4.01. The maximum atomic E-state index is 12.3. The number of amides is 1. The van der Waals surface area contributed by atoms with Crippen LogP contribution in [0.5, 0.6) is 5.75 Å². The Morgan fingerprint density at radius 2 is 1.86 bits per heavy atom. The predicted octanol–water partition coefficient (Wildman–Crippen LogP) is 2.78. The molecule has 0 radical (unpaired) electrons. The molecule has 116 valence electrons. The molecule has 4 heteroatoms. The van der Waals surface area contributed by atoms with Crippen LogP contribution in [-0.2, 0) is 4.79 Å². The van der Waals surface area contributed by atoms with Crippen LogP contribution in [-0.4, -0.2) is 17.6 Å². The van der Waals surface area contributed by atoms with Crippen molar-refractivity contribution in [1.29, 1.82) is 0 Å². The van der Waals surface area contributed by atoms with Gasteiger partial charge in [0.15, 0.2) is 0 Å². The van der Waals surface area contributed by atoms with Crippen molar-refractivity contribution in [3.8, 4) is 5.75 Å². The highest BCUT2D eigenvalue weighted by molar-refractivity contribution is 5.86. The molecule has 1 aromatic rings. The lowest BCUT2D eigenvalue weighted by molar-refractivity contribution is -0.127. The lowest BCUT2D eigenvalue weighted by atomic mass is 9.95. The second kappa shape index (κ2) is 6.06. The average molecular weight is 290 g/mol. The van der Waals surface area contributed by atoms with Gasteiger partial charge in [-0.15, -0.1) is 0 Å². The van der Waals surface area contributed by atoms with Gasteiger partial charge in [-0.25, -0.2) is 0 Å². The van der Waals surface area contributed by atoms with E-state index in [9.17, 15) is 4.79 Å². The lowest BCUT2D eigenvalue weighted by Crippen LogP contribution is -2.53. The Kier molecular flexibility index (Phi) is 4.57. The molecular weight excluding hydrogens is 264 g/mol. The molecule has 0 spiro atoms. The third kappa shape index (κ3) is 3.97. The van der Waals surface area contributed by atoms with Crippen molar-refractivity contribution in [1.82, 2.24) is 5.32 Å². The predicted molar refractivity (Wildman–Crippen MR) is 84.1 cm³/mol. The van der Waals surface area contributed by atoms with Gasteiger partial charge in [0.1, 0.15) is 5.75 Å². The van der Waals surface area contributed by atoms with Crippen molar-refractivity contribution in [3.05, 3.63) is 29.8 Å². The van der Waals surface area contributed by atoms with Crippen molar-refractivity contribution < 1.29 is 9.53 Å². The van der Waals surface area contributed by atoms with Crippen LogP contribution in [0.15, 0.2) is 24.3 Å². The summed E-state index contributed by atoms with van der Waals surface area (Å²) in [6, 6.07) is 7.76. The number of nitrogens with one attached hydrogen (secondary N) is 1. The minimum absolute atomic E-state index is 0.0628. The Labute approximate surface area is 127 Å². The van der Waals surface area contributed by atoms with Gasteiger partial charge in [-0.3, -0.25) is 4.79 Å². The fourth-order valence-electron chi connectivity index (χ4n) is 2.41. The van der Waals surface area contributed by atoms with E-state index in [0.29, 0.717) is 5.92 Å². The molecule has 0 saturated heterocycles. The first-order valence-corrected chi connectivity index (χ1v) is 7.67. The van der Waals surface area contributed by atoms with Crippen molar-refractivity contribution in [2.24, 2.45) is 11.7 Å². The Hall–Kier alpha value is -1.55. The number of nitrogens with two attached hydrogens (primary N) is 1. The van der Waals surface area contributed by atoms with Gasteiger partial charge in [-0.1, -0.05) is 12.1 Å². The molecule has 1 amide bonds. The Morgan fingerprint density at radius 1 is 1.29 bits per heavy atom. The van der Waals surface area contributed by atoms with Crippen LogP contribution in [0, 0.1) is 5.92 Å². The van der Waals surface area contributed by atoms with Gasteiger partial charge >= 0.3 is 0 Å². The summed E-state index contributed by atoms with van der Waals surface area (Å²) in [6.45, 7) is 7.79. The number of carbonyl (C=O) groups excluding carboxylic acids is 1. The zero-order valence-electron chi connectivity index (χ0n) is 13.3. The van der Waals surface area contributed by atoms with Gasteiger partial charge in [0, 0.05) is 0 Å². The summed E-state index contributed by atoms with van der Waals surface area (Å²) in [7, 11) is 0. The highest BCUT2D eigenvalue weighted by Gasteiger charge is 2.44. The molecule has 1 fully saturated rings. The monoisotopic (exact) mass is 290 g/mol. The maximum Gasteiger partial charge on any atom is 0.240 e. The molecule has 1 aliphatic carbocycles. The van der Waals surface area contributed by atoms with Crippen LogP contribution >= 0.6 is 0 Å². The first-order valence-electron chi connectivity index (χ1n) is 7.67. The van der Waals surface area contributed by atoms with Crippen molar-refractivity contribution in [3.63, 3.8) is 0 Å². The maximum absolute atomic E-state index is 12.3. The van der Waals surface area contributed by atoms with Crippen LogP contribution < -0.4 is 15.8 Å². The number of rotatable bonds is 6. The molecule has 3 N–H and O–H groups in total. The first-order chi connectivity index (χ1) is 9.80. The van der Waals surface area contributed by atoms with E-state index in [1.54, 1.807) is 0 Å². The van der Waals surface area contributed by atoms with Crippen LogP contribution in [0.1, 0.15) is 52.1 Å². The van der Waals surface area contributed by atoms with E-state index in [0.717, 1.165) is 24.2 Å². The van der Waals surface area contributed by atoms with Gasteiger partial charge in [-0.05, 0) is 64.2 Å². The van der Waals surface area contributed by atoms with Gasteiger partial charge in [0.05, 0.1) is 17.7 Å². The number of benzene rings is 1. The number of carbonyl (C=O) groups is 1. The smallest absolute Gasteiger partial charge is 0.240 e. The molecular formula is C17H26N2O2. The SMILES string of the molecule is CC(C)Oc1ccc(C(C)NC(=O)C(C)(N)C2CC2)cc1. The third-order valence-corrected chi connectivity index (χ3v) is 4.01. The summed E-state index contributed by atoms with van der Waals surface area (Å²) < 4.78 is 5.62. The number of ether oxygens (including phenoxy) is 1. The molecule has 21 heavy (non-hydrogen) atoms. The molecule has 2 unspecified atom stereocenters. The van der Waals surface area contributed by atoms with Gasteiger partial charge in [0.2, 0.25) is 5.91 Å². The topological polar surface area (TPSA) is 64.3 Å². The minimum atomic E-state index is -0.755. The van der Waals surface area contributed by atoms with Crippen LogP contribution in [0.25, 0.3) is 0 Å². The summed E-state index contributed by atoms with van der Waals surface area (Å²) in [5.41, 5.74) is 6.43. The second-order valence-electron chi connectivity index (χ2n) is 6.49. The van der Waals surface area contributed by atoms with Gasteiger partial charge < -0.3 is 15.8 Å². The van der Waals surface area contributed by atoms with E-state index >= 15 is 0 Å². The second-order valence-corrected chi connectivity index (χ2v) is 6.49. The van der Waals surface area contributed by atoms with E-state index in [4.69, 9.17) is 10.5 Å². The molecule has 1 saturated carbocycles. The van der Waals surface area contributed by atoms with Gasteiger partial charge in [-0.2, -0.15) is 0 Å². The molecule has 2 rings (SSSR count). The highest BCUT2D eigenvalue weighted by atomic mass is 16.5. The Balaban J connectivity index is 1.96.